The van der Waals surface area contributed by atoms with Gasteiger partial charge in [-0.1, -0.05) is 12.1 Å². The highest BCUT2D eigenvalue weighted by molar-refractivity contribution is 5.81. The number of carbonyl (C=O) groups is 1. The molecule has 4 heterocycles. The van der Waals surface area contributed by atoms with E-state index in [4.69, 9.17) is 10.7 Å². The zero-order chi connectivity index (χ0) is 25.4. The van der Waals surface area contributed by atoms with Crippen molar-refractivity contribution in [2.24, 2.45) is 0 Å². The molecule has 0 radical (unpaired) electrons. The predicted octanol–water partition coefficient (Wildman–Crippen LogP) is 1.69. The Hall–Kier alpha value is -3.57. The number of fused-ring (bicyclic) bond motifs is 2. The fraction of sp³-hybridized carbons (Fsp3) is 0.480. The van der Waals surface area contributed by atoms with Crippen molar-refractivity contribution in [3.8, 4) is 0 Å². The monoisotopic (exact) mass is 492 g/mol. The SMILES string of the molecule is CCn1c(CCCC(=O)N2C[C@@H](O)C[C@@](C)(O)[C@H](n3cnc4c(N)ncnc43)C2)nc2ccccc21. The number of rotatable bonds is 6. The molecule has 5 rings (SSSR count). The number of aliphatic hydroxyl groups excluding tert-OH is 1. The van der Waals surface area contributed by atoms with Crippen LogP contribution in [0.1, 0.15) is 45.0 Å². The van der Waals surface area contributed by atoms with Crippen LogP contribution in [0.4, 0.5) is 5.82 Å². The minimum absolute atomic E-state index is 0.0746. The number of aromatic nitrogens is 6. The van der Waals surface area contributed by atoms with Crippen LogP contribution in [-0.2, 0) is 17.8 Å². The molecule has 4 N–H and O–H groups in total. The molecule has 0 saturated carbocycles. The average molecular weight is 493 g/mol. The van der Waals surface area contributed by atoms with Crippen molar-refractivity contribution in [3.05, 3.63) is 42.7 Å². The average Bonchev–Trinajstić information content (AvgIpc) is 3.39. The van der Waals surface area contributed by atoms with E-state index in [1.165, 1.54) is 6.33 Å². The maximum Gasteiger partial charge on any atom is 0.222 e. The number of aliphatic hydroxyl groups is 2. The van der Waals surface area contributed by atoms with Crippen molar-refractivity contribution in [2.75, 3.05) is 18.8 Å². The lowest BCUT2D eigenvalue weighted by Gasteiger charge is -2.34. The fourth-order valence-corrected chi connectivity index (χ4v) is 5.33. The van der Waals surface area contributed by atoms with Crippen LogP contribution >= 0.6 is 0 Å². The summed E-state index contributed by atoms with van der Waals surface area (Å²) in [7, 11) is 0. The van der Waals surface area contributed by atoms with Crippen LogP contribution in [0.2, 0.25) is 0 Å². The molecule has 11 nitrogen and oxygen atoms in total. The number of amides is 1. The van der Waals surface area contributed by atoms with Gasteiger partial charge in [-0.2, -0.15) is 0 Å². The summed E-state index contributed by atoms with van der Waals surface area (Å²) in [5, 5.41) is 21.9. The Balaban J connectivity index is 1.33. The van der Waals surface area contributed by atoms with Gasteiger partial charge in [0.05, 0.1) is 35.1 Å². The van der Waals surface area contributed by atoms with Crippen molar-refractivity contribution in [1.29, 1.82) is 0 Å². The number of hydrogen-bond donors (Lipinski definition) is 3. The molecular formula is C25H32N8O3. The molecule has 4 aromatic rings. The van der Waals surface area contributed by atoms with Gasteiger partial charge in [-0.3, -0.25) is 4.79 Å². The lowest BCUT2D eigenvalue weighted by molar-refractivity contribution is -0.132. The first-order valence-corrected chi connectivity index (χ1v) is 12.3. The van der Waals surface area contributed by atoms with E-state index in [0.717, 1.165) is 23.4 Å². The maximum atomic E-state index is 13.3. The van der Waals surface area contributed by atoms with Gasteiger partial charge in [0.2, 0.25) is 5.91 Å². The van der Waals surface area contributed by atoms with Crippen LogP contribution in [-0.4, -0.2) is 74.9 Å². The highest BCUT2D eigenvalue weighted by Crippen LogP contribution is 2.34. The van der Waals surface area contributed by atoms with Crippen molar-refractivity contribution >= 4 is 33.9 Å². The van der Waals surface area contributed by atoms with Gasteiger partial charge in [-0.25, -0.2) is 19.9 Å². The fourth-order valence-electron chi connectivity index (χ4n) is 5.33. The topological polar surface area (TPSA) is 148 Å². The van der Waals surface area contributed by atoms with Crippen molar-refractivity contribution < 1.29 is 15.0 Å². The number of para-hydroxylation sites is 2. The molecule has 1 amide bonds. The van der Waals surface area contributed by atoms with Gasteiger partial charge in [-0.15, -0.1) is 0 Å². The molecule has 1 aliphatic heterocycles. The zero-order valence-corrected chi connectivity index (χ0v) is 20.6. The number of nitrogens with zero attached hydrogens (tertiary/aromatic N) is 7. The van der Waals surface area contributed by atoms with Crippen LogP contribution in [0.5, 0.6) is 0 Å². The minimum atomic E-state index is -1.30. The van der Waals surface area contributed by atoms with E-state index in [9.17, 15) is 15.0 Å². The largest absolute Gasteiger partial charge is 0.391 e. The molecule has 0 spiro atoms. The van der Waals surface area contributed by atoms with Crippen LogP contribution in [0.25, 0.3) is 22.2 Å². The first-order chi connectivity index (χ1) is 17.3. The summed E-state index contributed by atoms with van der Waals surface area (Å²) in [4.78, 5) is 32.3. The lowest BCUT2D eigenvalue weighted by Crippen LogP contribution is -2.42. The normalized spacial score (nSPS) is 22.8. The Bertz CT molecular complexity index is 1390. The van der Waals surface area contributed by atoms with Gasteiger partial charge >= 0.3 is 0 Å². The summed E-state index contributed by atoms with van der Waals surface area (Å²) in [6.07, 6.45) is 3.79. The smallest absolute Gasteiger partial charge is 0.222 e. The van der Waals surface area contributed by atoms with Crippen molar-refractivity contribution in [3.63, 3.8) is 0 Å². The molecule has 1 saturated heterocycles. The summed E-state index contributed by atoms with van der Waals surface area (Å²) >= 11 is 0. The van der Waals surface area contributed by atoms with Gasteiger partial charge in [0.25, 0.3) is 0 Å². The molecule has 11 heteroatoms. The highest BCUT2D eigenvalue weighted by Gasteiger charge is 2.42. The number of hydrogen-bond acceptors (Lipinski definition) is 8. The third-order valence-electron chi connectivity index (χ3n) is 7.11. The van der Waals surface area contributed by atoms with Gasteiger partial charge < -0.3 is 30.0 Å². The van der Waals surface area contributed by atoms with E-state index in [0.29, 0.717) is 30.4 Å². The Labute approximate surface area is 208 Å². The van der Waals surface area contributed by atoms with Crippen LogP contribution < -0.4 is 5.73 Å². The molecule has 3 atom stereocenters. The Morgan fingerprint density at radius 1 is 1.22 bits per heavy atom. The van der Waals surface area contributed by atoms with Gasteiger partial charge in [0.15, 0.2) is 11.5 Å². The van der Waals surface area contributed by atoms with E-state index < -0.39 is 17.7 Å². The second kappa shape index (κ2) is 9.47. The van der Waals surface area contributed by atoms with Gasteiger partial charge in [0.1, 0.15) is 17.7 Å². The molecule has 0 aliphatic carbocycles. The summed E-state index contributed by atoms with van der Waals surface area (Å²) in [5.41, 5.74) is 7.62. The molecule has 36 heavy (non-hydrogen) atoms. The summed E-state index contributed by atoms with van der Waals surface area (Å²) in [6.45, 7) is 4.94. The number of β-amino-alcohol motifs (C(OH)–C–C–N with tert-alkyl or cyclic N) is 1. The first kappa shape index (κ1) is 24.1. The molecule has 0 unspecified atom stereocenters. The maximum absolute atomic E-state index is 13.3. The number of benzene rings is 1. The molecule has 0 bridgehead atoms. The summed E-state index contributed by atoms with van der Waals surface area (Å²) in [5.74, 6) is 1.14. The molecule has 1 aliphatic rings. The predicted molar refractivity (Wildman–Crippen MR) is 135 cm³/mol. The van der Waals surface area contributed by atoms with Crippen molar-refractivity contribution in [1.82, 2.24) is 34.0 Å². The first-order valence-electron chi connectivity index (χ1n) is 12.3. The summed E-state index contributed by atoms with van der Waals surface area (Å²) < 4.78 is 3.91. The number of aryl methyl sites for hydroxylation is 2. The van der Waals surface area contributed by atoms with E-state index in [1.54, 1.807) is 22.7 Å². The molecular weight excluding hydrogens is 460 g/mol. The number of carbonyl (C=O) groups excluding carboxylic acids is 1. The van der Waals surface area contributed by atoms with Crippen LogP contribution in [0, 0.1) is 0 Å². The Morgan fingerprint density at radius 3 is 2.83 bits per heavy atom. The van der Waals surface area contributed by atoms with E-state index in [2.05, 4.69) is 32.5 Å². The molecule has 1 aromatic carbocycles. The molecule has 3 aromatic heterocycles. The van der Waals surface area contributed by atoms with E-state index in [-0.39, 0.29) is 31.2 Å². The standard InChI is InChI=1S/C25H32N8O3/c1-3-32-18-8-5-4-7-17(18)30-20(32)9-6-10-21(35)31-12-16(34)11-25(2,36)19(13-31)33-15-29-22-23(26)27-14-28-24(22)33/h4-5,7-8,14-16,19,34,36H,3,6,9-13H2,1-2H3,(H2,26,27,28)/t16-,19+,25+/m0/s1. The third kappa shape index (κ3) is 4.40. The minimum Gasteiger partial charge on any atom is -0.391 e. The number of nitrogens with two attached hydrogens (primary N) is 1. The lowest BCUT2D eigenvalue weighted by atomic mass is 9.91. The quantitative estimate of drug-likeness (QED) is 0.368. The molecule has 1 fully saturated rings. The zero-order valence-electron chi connectivity index (χ0n) is 20.6. The highest BCUT2D eigenvalue weighted by atomic mass is 16.3. The van der Waals surface area contributed by atoms with Crippen LogP contribution in [0.15, 0.2) is 36.9 Å². The number of nitrogen functional groups attached to an aromatic ring is 1. The van der Waals surface area contributed by atoms with Crippen molar-refractivity contribution in [2.45, 2.75) is 63.8 Å². The second-order valence-electron chi connectivity index (χ2n) is 9.73. The van der Waals surface area contributed by atoms with E-state index in [1.807, 2.05) is 18.2 Å². The van der Waals surface area contributed by atoms with E-state index >= 15 is 0 Å². The number of imidazole rings is 2. The number of anilines is 1. The summed E-state index contributed by atoms with van der Waals surface area (Å²) in [6, 6.07) is 7.47. The second-order valence-corrected chi connectivity index (χ2v) is 9.73. The van der Waals surface area contributed by atoms with Crippen LogP contribution in [0.3, 0.4) is 0 Å². The van der Waals surface area contributed by atoms with Gasteiger partial charge in [0, 0.05) is 38.9 Å². The number of likely N-dealkylation sites (tertiary alicyclic amines) is 1. The molecule has 190 valence electrons. The third-order valence-corrected chi connectivity index (χ3v) is 7.11. The van der Waals surface area contributed by atoms with Gasteiger partial charge in [-0.05, 0) is 32.4 Å². The Kier molecular flexibility index (Phi) is 6.35. The Morgan fingerprint density at radius 2 is 2.03 bits per heavy atom.